The number of allylic oxidation sites excluding steroid dienone is 1. The SMILES string of the molecule is COc1cccc(C(=O)Oc2ccc(/C=C(/C#N)c3ccccc3)cc2OC)c1. The van der Waals surface area contributed by atoms with E-state index >= 15 is 0 Å². The lowest BCUT2D eigenvalue weighted by Gasteiger charge is -2.11. The summed E-state index contributed by atoms with van der Waals surface area (Å²) in [6.07, 6.45) is 1.76. The van der Waals surface area contributed by atoms with Gasteiger partial charge in [0, 0.05) is 0 Å². The predicted octanol–water partition coefficient (Wildman–Crippen LogP) is 4.99. The molecule has 0 saturated heterocycles. The standard InChI is InChI=1S/C24H19NO4/c1-27-21-10-6-9-19(15-21)24(26)29-22-12-11-17(14-23(22)28-2)13-20(16-25)18-7-4-3-5-8-18/h3-15H,1-2H3/b20-13-. The van der Waals surface area contributed by atoms with Gasteiger partial charge in [0.15, 0.2) is 11.5 Å². The number of carbonyl (C=O) groups is 1. The number of nitrogens with zero attached hydrogens (tertiary/aromatic N) is 1. The van der Waals surface area contributed by atoms with Gasteiger partial charge in [-0.2, -0.15) is 5.26 Å². The van der Waals surface area contributed by atoms with E-state index in [4.69, 9.17) is 14.2 Å². The van der Waals surface area contributed by atoms with Crippen molar-refractivity contribution >= 4 is 17.6 Å². The van der Waals surface area contributed by atoms with Crippen molar-refractivity contribution in [3.05, 3.63) is 89.5 Å². The average Bonchev–Trinajstić information content (AvgIpc) is 2.78. The van der Waals surface area contributed by atoms with Crippen LogP contribution in [0.1, 0.15) is 21.5 Å². The minimum atomic E-state index is -0.521. The Bertz CT molecular complexity index is 1080. The van der Waals surface area contributed by atoms with Crippen LogP contribution < -0.4 is 14.2 Å². The van der Waals surface area contributed by atoms with Crippen LogP contribution in [0, 0.1) is 11.3 Å². The third-order valence-corrected chi connectivity index (χ3v) is 4.21. The second kappa shape index (κ2) is 9.25. The molecule has 0 N–H and O–H groups in total. The first kappa shape index (κ1) is 19.7. The first-order valence-corrected chi connectivity index (χ1v) is 8.86. The van der Waals surface area contributed by atoms with Crippen molar-refractivity contribution in [2.75, 3.05) is 14.2 Å². The molecule has 0 fully saturated rings. The third kappa shape index (κ3) is 4.82. The highest BCUT2D eigenvalue weighted by Gasteiger charge is 2.14. The fraction of sp³-hybridized carbons (Fsp3) is 0.0833. The number of hydrogen-bond acceptors (Lipinski definition) is 5. The summed E-state index contributed by atoms with van der Waals surface area (Å²) < 4.78 is 16.0. The molecule has 144 valence electrons. The summed E-state index contributed by atoms with van der Waals surface area (Å²) in [6, 6.07) is 23.4. The molecule has 0 unspecified atom stereocenters. The van der Waals surface area contributed by atoms with Gasteiger partial charge >= 0.3 is 5.97 Å². The van der Waals surface area contributed by atoms with Gasteiger partial charge in [0.1, 0.15) is 5.75 Å². The maximum absolute atomic E-state index is 12.5. The second-order valence-corrected chi connectivity index (χ2v) is 6.07. The quantitative estimate of drug-likeness (QED) is 0.259. The second-order valence-electron chi connectivity index (χ2n) is 6.07. The maximum atomic E-state index is 12.5. The van der Waals surface area contributed by atoms with Crippen LogP contribution in [0.2, 0.25) is 0 Å². The molecular formula is C24H19NO4. The number of hydrogen-bond donors (Lipinski definition) is 0. The summed E-state index contributed by atoms with van der Waals surface area (Å²) in [6.45, 7) is 0. The first-order chi connectivity index (χ1) is 14.1. The van der Waals surface area contributed by atoms with Crippen LogP contribution in [0.5, 0.6) is 17.2 Å². The number of benzene rings is 3. The van der Waals surface area contributed by atoms with Gasteiger partial charge in [-0.3, -0.25) is 0 Å². The van der Waals surface area contributed by atoms with E-state index < -0.39 is 5.97 Å². The number of rotatable bonds is 6. The Morgan fingerprint density at radius 1 is 0.862 bits per heavy atom. The molecule has 3 aromatic carbocycles. The number of esters is 1. The summed E-state index contributed by atoms with van der Waals surface area (Å²) in [5.74, 6) is 0.723. The monoisotopic (exact) mass is 385 g/mol. The number of nitriles is 1. The number of carbonyl (C=O) groups excluding carboxylic acids is 1. The van der Waals surface area contributed by atoms with Crippen LogP contribution in [0.15, 0.2) is 72.8 Å². The van der Waals surface area contributed by atoms with Crippen LogP contribution in [0.25, 0.3) is 11.6 Å². The molecule has 0 saturated carbocycles. The summed E-state index contributed by atoms with van der Waals surface area (Å²) in [4.78, 5) is 12.5. The zero-order valence-corrected chi connectivity index (χ0v) is 16.1. The fourth-order valence-corrected chi connectivity index (χ4v) is 2.73. The van der Waals surface area contributed by atoms with Gasteiger partial charge in [-0.25, -0.2) is 4.79 Å². The predicted molar refractivity (Wildman–Crippen MR) is 111 cm³/mol. The first-order valence-electron chi connectivity index (χ1n) is 8.86. The minimum Gasteiger partial charge on any atom is -0.497 e. The maximum Gasteiger partial charge on any atom is 0.343 e. The van der Waals surface area contributed by atoms with Crippen molar-refractivity contribution in [1.82, 2.24) is 0 Å². The normalized spacial score (nSPS) is 10.7. The summed E-state index contributed by atoms with van der Waals surface area (Å²) in [5, 5.41) is 9.48. The van der Waals surface area contributed by atoms with E-state index in [1.54, 1.807) is 48.5 Å². The molecule has 0 aliphatic rings. The Labute approximate surface area is 169 Å². The van der Waals surface area contributed by atoms with Gasteiger partial charge in [-0.1, -0.05) is 42.5 Å². The highest BCUT2D eigenvalue weighted by Crippen LogP contribution is 2.30. The van der Waals surface area contributed by atoms with Crippen molar-refractivity contribution in [3.63, 3.8) is 0 Å². The molecule has 3 aromatic rings. The molecule has 0 aromatic heterocycles. The molecule has 0 heterocycles. The van der Waals surface area contributed by atoms with Gasteiger partial charge in [-0.05, 0) is 47.5 Å². The zero-order chi connectivity index (χ0) is 20.6. The molecular weight excluding hydrogens is 366 g/mol. The van der Waals surface area contributed by atoms with Gasteiger partial charge in [-0.15, -0.1) is 0 Å². The zero-order valence-electron chi connectivity index (χ0n) is 16.1. The molecule has 3 rings (SSSR count). The molecule has 0 bridgehead atoms. The Kier molecular flexibility index (Phi) is 6.29. The van der Waals surface area contributed by atoms with Gasteiger partial charge < -0.3 is 14.2 Å². The van der Waals surface area contributed by atoms with Crippen molar-refractivity contribution in [2.24, 2.45) is 0 Å². The Hall–Kier alpha value is -4.04. The minimum absolute atomic E-state index is 0.288. The van der Waals surface area contributed by atoms with Crippen molar-refractivity contribution in [1.29, 1.82) is 5.26 Å². The highest BCUT2D eigenvalue weighted by molar-refractivity contribution is 5.92. The molecule has 29 heavy (non-hydrogen) atoms. The van der Waals surface area contributed by atoms with Crippen LogP contribution in [0.4, 0.5) is 0 Å². The fourth-order valence-electron chi connectivity index (χ4n) is 2.73. The van der Waals surface area contributed by atoms with Crippen molar-refractivity contribution in [3.8, 4) is 23.3 Å². The third-order valence-electron chi connectivity index (χ3n) is 4.21. The van der Waals surface area contributed by atoms with Crippen LogP contribution in [0.3, 0.4) is 0 Å². The van der Waals surface area contributed by atoms with Gasteiger partial charge in [0.25, 0.3) is 0 Å². The average molecular weight is 385 g/mol. The number of ether oxygens (including phenoxy) is 3. The lowest BCUT2D eigenvalue weighted by Crippen LogP contribution is -2.09. The van der Waals surface area contributed by atoms with E-state index in [0.29, 0.717) is 22.6 Å². The summed E-state index contributed by atoms with van der Waals surface area (Å²) >= 11 is 0. The Morgan fingerprint density at radius 2 is 1.62 bits per heavy atom. The molecule has 0 spiro atoms. The van der Waals surface area contributed by atoms with Crippen molar-refractivity contribution < 1.29 is 19.0 Å². The van der Waals surface area contributed by atoms with Crippen molar-refractivity contribution in [2.45, 2.75) is 0 Å². The molecule has 0 aliphatic carbocycles. The topological polar surface area (TPSA) is 68.5 Å². The van der Waals surface area contributed by atoms with E-state index in [1.807, 2.05) is 30.3 Å². The molecule has 0 aliphatic heterocycles. The van der Waals surface area contributed by atoms with Gasteiger partial charge in [0.2, 0.25) is 0 Å². The van der Waals surface area contributed by atoms with E-state index in [9.17, 15) is 10.1 Å². The van der Waals surface area contributed by atoms with Gasteiger partial charge in [0.05, 0.1) is 31.4 Å². The Balaban J connectivity index is 1.86. The molecule has 5 nitrogen and oxygen atoms in total. The summed E-state index contributed by atoms with van der Waals surface area (Å²) in [5.41, 5.74) is 2.46. The largest absolute Gasteiger partial charge is 0.497 e. The molecule has 0 amide bonds. The molecule has 5 heteroatoms. The van der Waals surface area contributed by atoms with Crippen LogP contribution in [-0.2, 0) is 0 Å². The molecule has 0 atom stereocenters. The van der Waals surface area contributed by atoms with Crippen LogP contribution in [-0.4, -0.2) is 20.2 Å². The van der Waals surface area contributed by atoms with E-state index in [-0.39, 0.29) is 5.75 Å². The van der Waals surface area contributed by atoms with E-state index in [1.165, 1.54) is 14.2 Å². The lowest BCUT2D eigenvalue weighted by molar-refractivity contribution is 0.0729. The number of methoxy groups -OCH3 is 2. The van der Waals surface area contributed by atoms with E-state index in [2.05, 4.69) is 6.07 Å². The smallest absolute Gasteiger partial charge is 0.343 e. The lowest BCUT2D eigenvalue weighted by atomic mass is 10.0. The highest BCUT2D eigenvalue weighted by atomic mass is 16.6. The Morgan fingerprint density at radius 3 is 2.31 bits per heavy atom. The van der Waals surface area contributed by atoms with Crippen LogP contribution >= 0.6 is 0 Å². The summed E-state index contributed by atoms with van der Waals surface area (Å²) in [7, 11) is 3.03. The van der Waals surface area contributed by atoms with E-state index in [0.717, 1.165) is 11.1 Å². The molecule has 0 radical (unpaired) electrons.